The normalized spacial score (nSPS) is 21.1. The van der Waals surface area contributed by atoms with Crippen LogP contribution in [0.3, 0.4) is 0 Å². The summed E-state index contributed by atoms with van der Waals surface area (Å²) in [5, 5.41) is 12.7. The Morgan fingerprint density at radius 3 is 2.17 bits per heavy atom. The molecule has 0 aromatic heterocycles. The third-order valence-electron chi connectivity index (χ3n) is 11.7. The van der Waals surface area contributed by atoms with E-state index in [2.05, 4.69) is 14.9 Å². The van der Waals surface area contributed by atoms with Gasteiger partial charge in [0.1, 0.15) is 6.04 Å². The molecule has 3 aliphatic rings. The maximum atomic E-state index is 13.8. The number of aryl methyl sites for hydroxylation is 1. The number of amides is 1. The van der Waals surface area contributed by atoms with Gasteiger partial charge < -0.3 is 34.3 Å². The zero-order chi connectivity index (χ0) is 41.5. The van der Waals surface area contributed by atoms with Crippen molar-refractivity contribution >= 4 is 15.9 Å². The van der Waals surface area contributed by atoms with Gasteiger partial charge in [0.25, 0.3) is 0 Å². The number of nitrogens with one attached hydrogen (secondary N) is 2. The number of likely N-dealkylation sites (tertiary alicyclic amines) is 1. The fraction of sp³-hybridized carbons (Fsp3) is 0.354. The Labute approximate surface area is 352 Å². The van der Waals surface area contributed by atoms with Crippen molar-refractivity contribution in [2.24, 2.45) is 0 Å². The number of aliphatic hydroxyl groups is 1. The van der Waals surface area contributed by atoms with Crippen molar-refractivity contribution in [1.82, 2.24) is 14.9 Å². The lowest BCUT2D eigenvalue weighted by Crippen LogP contribution is -2.48. The molecule has 60 heavy (non-hydrogen) atoms. The fourth-order valence-corrected chi connectivity index (χ4v) is 9.47. The first kappa shape index (κ1) is 42.0. The van der Waals surface area contributed by atoms with E-state index in [1.807, 2.05) is 110 Å². The van der Waals surface area contributed by atoms with Crippen molar-refractivity contribution in [2.45, 2.75) is 81.0 Å². The summed E-state index contributed by atoms with van der Waals surface area (Å²) >= 11 is 0. The number of sulfonamides is 1. The number of carbonyl (C=O) groups is 1. The van der Waals surface area contributed by atoms with Gasteiger partial charge in [-0.05, 0) is 58.9 Å². The molecule has 4 atom stereocenters. The first-order valence-electron chi connectivity index (χ1n) is 20.8. The Morgan fingerprint density at radius 1 is 0.800 bits per heavy atom. The summed E-state index contributed by atoms with van der Waals surface area (Å²) in [6, 6.07) is 38.8. The van der Waals surface area contributed by atoms with Crippen LogP contribution >= 0.6 is 0 Å². The summed E-state index contributed by atoms with van der Waals surface area (Å²) in [5.74, 6) is -0.864. The topological polar surface area (TPSA) is 136 Å². The molecule has 3 fully saturated rings. The molecule has 5 aromatic rings. The maximum absolute atomic E-state index is 13.8. The lowest BCUT2D eigenvalue weighted by atomic mass is 9.97. The van der Waals surface area contributed by atoms with E-state index in [0.717, 1.165) is 77.0 Å². The Balaban J connectivity index is 0.965. The van der Waals surface area contributed by atoms with Crippen molar-refractivity contribution in [1.29, 1.82) is 0 Å². The number of ether oxygens (including phenoxy) is 4. The number of carbonyl (C=O) groups excluding carboxylic acids is 1. The minimum atomic E-state index is -3.98. The van der Waals surface area contributed by atoms with E-state index >= 15 is 0 Å². The number of benzene rings is 5. The van der Waals surface area contributed by atoms with Gasteiger partial charge >= 0.3 is 0 Å². The average Bonchev–Trinajstić information content (AvgIpc) is 3.74. The number of rotatable bonds is 14. The summed E-state index contributed by atoms with van der Waals surface area (Å²) in [6.45, 7) is 5.87. The largest absolute Gasteiger partial charge is 0.392 e. The van der Waals surface area contributed by atoms with Crippen LogP contribution in [0.5, 0.6) is 0 Å². The SMILES string of the molecule is Cc1ccc(S(=O)(=O)NC(Cc2ccccc2)C(=O)NCc2ccccc2-c2ccc(C3OC(CN4CCC5(CC4)OCCO5)CC(c4ccc(CO)cc4)O3)cc2)cc1. The molecular weight excluding hydrogens is 779 g/mol. The van der Waals surface area contributed by atoms with E-state index in [1.54, 1.807) is 24.3 Å². The standard InChI is InChI=1S/C48H53N3O8S/c1-34-11-21-42(22-12-34)60(54,55)50-44(29-35-7-3-2-4-8-35)46(53)49-31-40-9-5-6-10-43(40)37-17-19-39(20-18-37)47-58-41(30-45(59-47)38-15-13-36(33-52)14-16-38)32-51-25-23-48(24-26-51)56-27-28-57-48/h2-22,41,44-45,47,50,52H,23-33H2,1H3,(H,49,53). The van der Waals surface area contributed by atoms with Crippen LogP contribution in [-0.4, -0.2) is 75.1 Å². The molecule has 0 saturated carbocycles. The van der Waals surface area contributed by atoms with Crippen LogP contribution < -0.4 is 10.0 Å². The van der Waals surface area contributed by atoms with Crippen LogP contribution in [0.4, 0.5) is 0 Å². The van der Waals surface area contributed by atoms with Crippen LogP contribution in [0.25, 0.3) is 11.1 Å². The van der Waals surface area contributed by atoms with Gasteiger partial charge in [-0.1, -0.05) is 121 Å². The maximum Gasteiger partial charge on any atom is 0.241 e. The molecule has 8 rings (SSSR count). The zero-order valence-electron chi connectivity index (χ0n) is 33.9. The summed E-state index contributed by atoms with van der Waals surface area (Å²) < 4.78 is 54.8. The number of piperidine rings is 1. The Hall–Kier alpha value is -4.76. The van der Waals surface area contributed by atoms with Crippen LogP contribution in [-0.2, 0) is 53.3 Å². The molecule has 3 heterocycles. The molecule has 0 aliphatic carbocycles. The van der Waals surface area contributed by atoms with Gasteiger partial charge in [0.05, 0.1) is 36.9 Å². The second-order valence-electron chi connectivity index (χ2n) is 15.9. The minimum absolute atomic E-state index is 0.0171. The van der Waals surface area contributed by atoms with Crippen LogP contribution in [0.2, 0.25) is 0 Å². The van der Waals surface area contributed by atoms with Crippen molar-refractivity contribution < 1.29 is 37.3 Å². The molecule has 314 valence electrons. The smallest absolute Gasteiger partial charge is 0.241 e. The molecule has 1 amide bonds. The molecule has 0 bridgehead atoms. The molecule has 3 saturated heterocycles. The van der Waals surface area contributed by atoms with Gasteiger partial charge in [-0.3, -0.25) is 4.79 Å². The van der Waals surface area contributed by atoms with Gasteiger partial charge in [0.2, 0.25) is 15.9 Å². The second kappa shape index (κ2) is 18.9. The highest BCUT2D eigenvalue weighted by Gasteiger charge is 2.41. The van der Waals surface area contributed by atoms with E-state index in [1.165, 1.54) is 0 Å². The van der Waals surface area contributed by atoms with Crippen LogP contribution in [0, 0.1) is 6.92 Å². The number of nitrogens with zero attached hydrogens (tertiary/aromatic N) is 1. The molecule has 11 nitrogen and oxygen atoms in total. The van der Waals surface area contributed by atoms with E-state index < -0.39 is 34.0 Å². The van der Waals surface area contributed by atoms with Crippen molar-refractivity contribution in [3.63, 3.8) is 0 Å². The van der Waals surface area contributed by atoms with E-state index in [-0.39, 0.29) is 36.7 Å². The molecule has 5 aromatic carbocycles. The quantitative estimate of drug-likeness (QED) is 0.111. The highest BCUT2D eigenvalue weighted by Crippen LogP contribution is 2.40. The molecule has 1 spiro atoms. The molecule has 4 unspecified atom stereocenters. The Bertz CT molecular complexity index is 2290. The minimum Gasteiger partial charge on any atom is -0.392 e. The molecule has 0 radical (unpaired) electrons. The summed E-state index contributed by atoms with van der Waals surface area (Å²) in [5.41, 5.74) is 7.32. The second-order valence-corrected chi connectivity index (χ2v) is 17.6. The van der Waals surface area contributed by atoms with Gasteiger partial charge in [-0.15, -0.1) is 0 Å². The van der Waals surface area contributed by atoms with E-state index in [4.69, 9.17) is 18.9 Å². The van der Waals surface area contributed by atoms with Gasteiger partial charge in [0, 0.05) is 51.0 Å². The van der Waals surface area contributed by atoms with Crippen LogP contribution in [0.1, 0.15) is 65.0 Å². The molecule has 3 aliphatic heterocycles. The number of hydrogen-bond donors (Lipinski definition) is 3. The average molecular weight is 832 g/mol. The lowest BCUT2D eigenvalue weighted by Gasteiger charge is -2.41. The highest BCUT2D eigenvalue weighted by atomic mass is 32.2. The highest BCUT2D eigenvalue weighted by molar-refractivity contribution is 7.89. The van der Waals surface area contributed by atoms with Gasteiger partial charge in [-0.2, -0.15) is 4.72 Å². The predicted molar refractivity (Wildman–Crippen MR) is 228 cm³/mol. The molecule has 3 N–H and O–H groups in total. The monoisotopic (exact) mass is 831 g/mol. The number of hydrogen-bond acceptors (Lipinski definition) is 9. The Morgan fingerprint density at radius 2 is 1.47 bits per heavy atom. The zero-order valence-corrected chi connectivity index (χ0v) is 34.7. The third-order valence-corrected chi connectivity index (χ3v) is 13.2. The molecular formula is C48H53N3O8S. The van der Waals surface area contributed by atoms with E-state index in [0.29, 0.717) is 19.6 Å². The fourth-order valence-electron chi connectivity index (χ4n) is 8.27. The molecule has 12 heteroatoms. The third kappa shape index (κ3) is 10.2. The summed E-state index contributed by atoms with van der Waals surface area (Å²) in [6.07, 6.45) is 1.67. The summed E-state index contributed by atoms with van der Waals surface area (Å²) in [4.78, 5) is 16.4. The van der Waals surface area contributed by atoms with Crippen LogP contribution in [0.15, 0.2) is 132 Å². The van der Waals surface area contributed by atoms with E-state index in [9.17, 15) is 18.3 Å². The first-order valence-corrected chi connectivity index (χ1v) is 22.2. The first-order chi connectivity index (χ1) is 29.1. The Kier molecular flexibility index (Phi) is 13.2. The lowest BCUT2D eigenvalue weighted by molar-refractivity contribution is -0.255. The van der Waals surface area contributed by atoms with Gasteiger partial charge in [0.15, 0.2) is 12.1 Å². The summed E-state index contributed by atoms with van der Waals surface area (Å²) in [7, 11) is -3.98. The predicted octanol–water partition coefficient (Wildman–Crippen LogP) is 6.74. The number of aliphatic hydroxyl groups excluding tert-OH is 1. The van der Waals surface area contributed by atoms with Crippen molar-refractivity contribution in [2.75, 3.05) is 32.8 Å². The van der Waals surface area contributed by atoms with Gasteiger partial charge in [-0.25, -0.2) is 8.42 Å². The van der Waals surface area contributed by atoms with Crippen molar-refractivity contribution in [3.05, 3.63) is 161 Å². The van der Waals surface area contributed by atoms with Crippen molar-refractivity contribution in [3.8, 4) is 11.1 Å².